The molecule has 1 saturated heterocycles. The van der Waals surface area contributed by atoms with Crippen LogP contribution in [0.25, 0.3) is 0 Å². The first-order valence-corrected chi connectivity index (χ1v) is 10.1. The molecular formula is C17H17F2N3O3S. The minimum atomic E-state index is -3.13. The van der Waals surface area contributed by atoms with Crippen molar-refractivity contribution in [2.24, 2.45) is 0 Å². The van der Waals surface area contributed by atoms with Crippen molar-refractivity contribution in [2.45, 2.75) is 31.7 Å². The predicted octanol–water partition coefficient (Wildman–Crippen LogP) is 2.30. The van der Waals surface area contributed by atoms with Gasteiger partial charge in [0.25, 0.3) is 0 Å². The van der Waals surface area contributed by atoms with E-state index in [1.165, 1.54) is 6.07 Å². The molecule has 6 nitrogen and oxygen atoms in total. The van der Waals surface area contributed by atoms with Gasteiger partial charge in [0, 0.05) is 24.0 Å². The number of benzene rings is 1. The SMILES string of the molecule is Cc1nn([C@@H]2CCS(=O)(=O)C2)c2c1[C@@H](c1ccc(F)cc1F)CC(=O)N2. The first-order chi connectivity index (χ1) is 12.2. The second-order valence-corrected chi connectivity index (χ2v) is 9.05. The van der Waals surface area contributed by atoms with Gasteiger partial charge in [-0.25, -0.2) is 21.9 Å². The lowest BCUT2D eigenvalue weighted by Crippen LogP contribution is -2.27. The van der Waals surface area contributed by atoms with Crippen LogP contribution in [-0.2, 0) is 14.6 Å². The Morgan fingerprint density at radius 1 is 1.31 bits per heavy atom. The van der Waals surface area contributed by atoms with Crippen LogP contribution in [-0.4, -0.2) is 35.6 Å². The summed E-state index contributed by atoms with van der Waals surface area (Å²) in [5.74, 6) is -1.85. The molecule has 2 atom stereocenters. The van der Waals surface area contributed by atoms with E-state index in [0.29, 0.717) is 23.5 Å². The summed E-state index contributed by atoms with van der Waals surface area (Å²) in [6.45, 7) is 1.74. The van der Waals surface area contributed by atoms with E-state index in [2.05, 4.69) is 10.4 Å². The summed E-state index contributed by atoms with van der Waals surface area (Å²) in [7, 11) is -3.13. The summed E-state index contributed by atoms with van der Waals surface area (Å²) in [5.41, 5.74) is 1.47. The van der Waals surface area contributed by atoms with Crippen LogP contribution in [0.2, 0.25) is 0 Å². The van der Waals surface area contributed by atoms with Crippen LogP contribution in [0.4, 0.5) is 14.6 Å². The number of sulfone groups is 1. The first kappa shape index (κ1) is 17.1. The summed E-state index contributed by atoms with van der Waals surface area (Å²) in [4.78, 5) is 12.2. The number of carbonyl (C=O) groups excluding carboxylic acids is 1. The van der Waals surface area contributed by atoms with Crippen molar-refractivity contribution in [3.05, 3.63) is 46.7 Å². The van der Waals surface area contributed by atoms with Gasteiger partial charge in [-0.2, -0.15) is 5.10 Å². The maximum atomic E-state index is 14.3. The highest BCUT2D eigenvalue weighted by Gasteiger charge is 2.38. The molecule has 138 valence electrons. The van der Waals surface area contributed by atoms with Crippen molar-refractivity contribution in [3.8, 4) is 0 Å². The predicted molar refractivity (Wildman–Crippen MR) is 90.7 cm³/mol. The topological polar surface area (TPSA) is 81.1 Å². The summed E-state index contributed by atoms with van der Waals surface area (Å²) < 4.78 is 52.7. The molecule has 0 radical (unpaired) electrons. The van der Waals surface area contributed by atoms with Gasteiger partial charge >= 0.3 is 0 Å². The average molecular weight is 381 g/mol. The fourth-order valence-corrected chi connectivity index (χ4v) is 5.55. The van der Waals surface area contributed by atoms with Crippen LogP contribution in [0.1, 0.15) is 41.6 Å². The van der Waals surface area contributed by atoms with Crippen LogP contribution < -0.4 is 5.32 Å². The molecule has 26 heavy (non-hydrogen) atoms. The number of hydrogen-bond acceptors (Lipinski definition) is 4. The Labute approximate surface area is 149 Å². The molecule has 0 saturated carbocycles. The molecule has 2 aliphatic rings. The number of aromatic nitrogens is 2. The van der Waals surface area contributed by atoms with Crippen LogP contribution >= 0.6 is 0 Å². The van der Waals surface area contributed by atoms with E-state index in [1.54, 1.807) is 11.6 Å². The molecule has 2 aromatic rings. The number of rotatable bonds is 2. The number of fused-ring (bicyclic) bond motifs is 1. The molecule has 1 aromatic carbocycles. The molecule has 3 heterocycles. The number of halogens is 2. The smallest absolute Gasteiger partial charge is 0.226 e. The van der Waals surface area contributed by atoms with Crippen molar-refractivity contribution < 1.29 is 22.0 Å². The van der Waals surface area contributed by atoms with E-state index in [-0.39, 0.29) is 35.4 Å². The van der Waals surface area contributed by atoms with Crippen molar-refractivity contribution in [3.63, 3.8) is 0 Å². The molecule has 1 fully saturated rings. The zero-order valence-corrected chi connectivity index (χ0v) is 14.8. The molecule has 1 aromatic heterocycles. The minimum Gasteiger partial charge on any atom is -0.311 e. The van der Waals surface area contributed by atoms with E-state index < -0.39 is 27.4 Å². The summed E-state index contributed by atoms with van der Waals surface area (Å²) >= 11 is 0. The normalized spacial score (nSPS) is 24.3. The molecular weight excluding hydrogens is 364 g/mol. The van der Waals surface area contributed by atoms with E-state index >= 15 is 0 Å². The van der Waals surface area contributed by atoms with Gasteiger partial charge < -0.3 is 5.32 Å². The van der Waals surface area contributed by atoms with E-state index in [4.69, 9.17) is 0 Å². The van der Waals surface area contributed by atoms with Crippen molar-refractivity contribution in [2.75, 3.05) is 16.8 Å². The Balaban J connectivity index is 1.82. The van der Waals surface area contributed by atoms with Gasteiger partial charge in [-0.1, -0.05) is 6.07 Å². The fraction of sp³-hybridized carbons (Fsp3) is 0.412. The molecule has 0 bridgehead atoms. The van der Waals surface area contributed by atoms with Crippen molar-refractivity contribution in [1.82, 2.24) is 9.78 Å². The highest BCUT2D eigenvalue weighted by atomic mass is 32.2. The third kappa shape index (κ3) is 2.80. The van der Waals surface area contributed by atoms with Gasteiger partial charge in [-0.15, -0.1) is 0 Å². The lowest BCUT2D eigenvalue weighted by molar-refractivity contribution is -0.116. The molecule has 2 aliphatic heterocycles. The zero-order chi connectivity index (χ0) is 18.6. The molecule has 0 spiro atoms. The number of nitrogens with zero attached hydrogens (tertiary/aromatic N) is 2. The molecule has 0 unspecified atom stereocenters. The van der Waals surface area contributed by atoms with Gasteiger partial charge in [-0.05, 0) is 25.0 Å². The van der Waals surface area contributed by atoms with E-state index in [9.17, 15) is 22.0 Å². The second kappa shape index (κ2) is 5.87. The van der Waals surface area contributed by atoms with Crippen LogP contribution in [0, 0.1) is 18.6 Å². The number of anilines is 1. The third-order valence-electron chi connectivity index (χ3n) is 5.02. The highest BCUT2D eigenvalue weighted by Crippen LogP contribution is 2.42. The number of nitrogens with one attached hydrogen (secondary N) is 1. The number of amides is 1. The van der Waals surface area contributed by atoms with Gasteiger partial charge in [-0.3, -0.25) is 4.79 Å². The standard InChI is InChI=1S/C17H17F2N3O3S/c1-9-16-13(12-3-2-10(18)6-14(12)19)7-15(23)20-17(16)22(21-9)11-4-5-26(24,25)8-11/h2-3,6,11,13H,4-5,7-8H2,1H3,(H,20,23)/t11-,13-/m1/s1. The summed E-state index contributed by atoms with van der Waals surface area (Å²) in [6.07, 6.45) is 0.437. The lowest BCUT2D eigenvalue weighted by Gasteiger charge is -2.25. The van der Waals surface area contributed by atoms with Crippen molar-refractivity contribution in [1.29, 1.82) is 0 Å². The minimum absolute atomic E-state index is 0.0189. The Morgan fingerprint density at radius 3 is 2.73 bits per heavy atom. The fourth-order valence-electron chi connectivity index (χ4n) is 3.85. The number of hydrogen-bond donors (Lipinski definition) is 1. The lowest BCUT2D eigenvalue weighted by atomic mass is 9.85. The van der Waals surface area contributed by atoms with Gasteiger partial charge in [0.2, 0.25) is 5.91 Å². The van der Waals surface area contributed by atoms with Gasteiger partial charge in [0.1, 0.15) is 17.5 Å². The van der Waals surface area contributed by atoms with Gasteiger partial charge in [0.05, 0.1) is 23.2 Å². The number of carbonyl (C=O) groups is 1. The highest BCUT2D eigenvalue weighted by molar-refractivity contribution is 7.91. The largest absolute Gasteiger partial charge is 0.311 e. The Morgan fingerprint density at radius 2 is 2.08 bits per heavy atom. The van der Waals surface area contributed by atoms with Crippen LogP contribution in [0.3, 0.4) is 0 Å². The molecule has 4 rings (SSSR count). The zero-order valence-electron chi connectivity index (χ0n) is 14.0. The Bertz CT molecular complexity index is 1020. The summed E-state index contributed by atoms with van der Waals surface area (Å²) in [6, 6.07) is 2.94. The molecule has 1 amide bonds. The average Bonchev–Trinajstić information content (AvgIpc) is 3.06. The van der Waals surface area contributed by atoms with Crippen LogP contribution in [0.15, 0.2) is 18.2 Å². The Kier molecular flexibility index (Phi) is 3.87. The maximum absolute atomic E-state index is 14.3. The summed E-state index contributed by atoms with van der Waals surface area (Å²) in [5, 5.41) is 7.19. The second-order valence-electron chi connectivity index (χ2n) is 6.82. The molecule has 0 aliphatic carbocycles. The molecule has 9 heteroatoms. The molecule has 1 N–H and O–H groups in total. The first-order valence-electron chi connectivity index (χ1n) is 8.29. The van der Waals surface area contributed by atoms with Crippen molar-refractivity contribution >= 4 is 21.6 Å². The van der Waals surface area contributed by atoms with E-state index in [0.717, 1.165) is 12.1 Å². The van der Waals surface area contributed by atoms with Crippen LogP contribution in [0.5, 0.6) is 0 Å². The van der Waals surface area contributed by atoms with E-state index in [1.807, 2.05) is 0 Å². The number of aryl methyl sites for hydroxylation is 1. The maximum Gasteiger partial charge on any atom is 0.226 e. The van der Waals surface area contributed by atoms with Gasteiger partial charge in [0.15, 0.2) is 9.84 Å². The third-order valence-corrected chi connectivity index (χ3v) is 6.77. The quantitative estimate of drug-likeness (QED) is 0.866. The Hall–Kier alpha value is -2.29. The monoisotopic (exact) mass is 381 g/mol.